The predicted molar refractivity (Wildman–Crippen MR) is 172 cm³/mol. The van der Waals surface area contributed by atoms with Gasteiger partial charge in [-0.1, -0.05) is 42.7 Å². The molecule has 3 N–H and O–H groups in total. The molecule has 0 aromatic rings. The lowest BCUT2D eigenvalue weighted by molar-refractivity contribution is -0.112. The van der Waals surface area contributed by atoms with E-state index in [0.29, 0.717) is 18.4 Å². The van der Waals surface area contributed by atoms with Gasteiger partial charge in [0.1, 0.15) is 18.3 Å². The highest BCUT2D eigenvalue weighted by atomic mass is 31.0. The molecule has 11 heteroatoms. The Morgan fingerprint density at radius 1 is 1.18 bits per heavy atom. The van der Waals surface area contributed by atoms with Crippen LogP contribution in [0.25, 0.3) is 0 Å². The average molecular weight is 645 g/mol. The van der Waals surface area contributed by atoms with E-state index in [1.807, 2.05) is 0 Å². The van der Waals surface area contributed by atoms with Gasteiger partial charge in [-0.05, 0) is 76.2 Å². The maximum atomic E-state index is 15.8. The van der Waals surface area contributed by atoms with E-state index < -0.39 is 30.1 Å². The summed E-state index contributed by atoms with van der Waals surface area (Å²) in [6.07, 6.45) is 7.26. The number of ketones is 1. The van der Waals surface area contributed by atoms with Gasteiger partial charge in [0.05, 0.1) is 12.1 Å². The third-order valence-electron chi connectivity index (χ3n) is 10.9. The van der Waals surface area contributed by atoms with Crippen LogP contribution in [0.3, 0.4) is 0 Å². The smallest absolute Gasteiger partial charge is 0.276 e. The summed E-state index contributed by atoms with van der Waals surface area (Å²) in [4.78, 5) is 12.1. The van der Waals surface area contributed by atoms with E-state index in [2.05, 4.69) is 47.7 Å². The Hall–Kier alpha value is -1.03. The molecule has 2 saturated carbocycles. The van der Waals surface area contributed by atoms with Crippen molar-refractivity contribution >= 4 is 15.0 Å². The molecule has 0 spiro atoms. The summed E-state index contributed by atoms with van der Waals surface area (Å²) in [6.45, 7) is 14.8. The third-order valence-corrected chi connectivity index (χ3v) is 11.3. The van der Waals surface area contributed by atoms with Crippen molar-refractivity contribution in [2.24, 2.45) is 23.7 Å². The molecule has 3 saturated heterocycles. The summed E-state index contributed by atoms with van der Waals surface area (Å²) in [7, 11) is 3.23. The van der Waals surface area contributed by atoms with Crippen molar-refractivity contribution < 1.29 is 27.8 Å². The number of fused-ring (bicyclic) bond motifs is 1. The number of alkyl halides is 3. The van der Waals surface area contributed by atoms with Crippen molar-refractivity contribution in [2.75, 3.05) is 20.2 Å². The molecule has 3 aliphatic heterocycles. The number of hydrazine groups is 1. The molecule has 252 valence electrons. The van der Waals surface area contributed by atoms with Crippen LogP contribution in [0.1, 0.15) is 78.6 Å². The van der Waals surface area contributed by atoms with Gasteiger partial charge in [-0.15, -0.1) is 0 Å². The molecule has 0 aromatic heterocycles. The summed E-state index contributed by atoms with van der Waals surface area (Å²) in [5, 5.41) is 15.8. The Balaban J connectivity index is 0.000000818. The van der Waals surface area contributed by atoms with Gasteiger partial charge in [0.2, 0.25) is 0 Å². The summed E-state index contributed by atoms with van der Waals surface area (Å²) in [5.41, 5.74) is 1.76. The van der Waals surface area contributed by atoms with Gasteiger partial charge in [0.25, 0.3) is 5.66 Å². The molecule has 5 fully saturated rings. The first-order valence-corrected chi connectivity index (χ1v) is 17.3. The van der Waals surface area contributed by atoms with Crippen molar-refractivity contribution in [3.8, 4) is 0 Å². The van der Waals surface area contributed by atoms with Crippen molar-refractivity contribution in [1.29, 1.82) is 0 Å². The number of carbonyl (C=O) groups is 1. The second-order valence-corrected chi connectivity index (χ2v) is 14.5. The molecule has 44 heavy (non-hydrogen) atoms. The zero-order valence-electron chi connectivity index (χ0n) is 27.1. The van der Waals surface area contributed by atoms with Crippen LogP contribution >= 0.6 is 9.24 Å². The zero-order valence-corrected chi connectivity index (χ0v) is 28.2. The van der Waals surface area contributed by atoms with Crippen LogP contribution in [0.15, 0.2) is 24.9 Å². The van der Waals surface area contributed by atoms with Crippen LogP contribution in [0, 0.1) is 23.7 Å². The van der Waals surface area contributed by atoms with Crippen molar-refractivity contribution in [2.45, 2.75) is 133 Å². The van der Waals surface area contributed by atoms with E-state index in [-0.39, 0.29) is 48.2 Å². The second kappa shape index (κ2) is 15.2. The van der Waals surface area contributed by atoms with E-state index >= 15 is 4.39 Å². The molecule has 0 radical (unpaired) electrons. The molecular formula is C33H56F3N4O3P. The van der Waals surface area contributed by atoms with E-state index in [1.165, 1.54) is 13.0 Å². The molecule has 3 heterocycles. The zero-order chi connectivity index (χ0) is 32.3. The monoisotopic (exact) mass is 644 g/mol. The maximum Gasteiger partial charge on any atom is 0.276 e. The Morgan fingerprint density at radius 2 is 1.86 bits per heavy atom. The van der Waals surface area contributed by atoms with Crippen molar-refractivity contribution in [3.63, 3.8) is 0 Å². The lowest BCUT2D eigenvalue weighted by atomic mass is 9.75. The number of hydrogen-bond donors (Lipinski definition) is 3. The normalized spacial score (nSPS) is 39.7. The molecule has 0 aromatic carbocycles. The Labute approximate surface area is 265 Å². The first-order valence-electron chi connectivity index (χ1n) is 16.8. The third kappa shape index (κ3) is 7.74. The number of hydrogen-bond acceptors (Lipinski definition) is 7. The SMILES string of the molecule is C=C(C1CNC(C(F)(F)P)C(O)C1)N1CCC2C(C(CCC)NN2C2CCC(C3CC3)C(F)C2OC)C1CC.C=CC(C)=O. The van der Waals surface area contributed by atoms with Crippen LogP contribution in [0.5, 0.6) is 0 Å². The highest BCUT2D eigenvalue weighted by molar-refractivity contribution is 7.18. The highest BCUT2D eigenvalue weighted by Gasteiger charge is 2.55. The van der Waals surface area contributed by atoms with E-state index in [9.17, 15) is 18.7 Å². The number of rotatable bonds is 10. The molecule has 12 atom stereocenters. The molecule has 0 bridgehead atoms. The number of likely N-dealkylation sites (tertiary alicyclic amines) is 1. The first-order chi connectivity index (χ1) is 20.9. The minimum atomic E-state index is -3.06. The number of aliphatic hydroxyl groups excluding tert-OH is 1. The van der Waals surface area contributed by atoms with Crippen LogP contribution in [0.4, 0.5) is 13.2 Å². The second-order valence-electron chi connectivity index (χ2n) is 13.7. The fourth-order valence-electron chi connectivity index (χ4n) is 8.63. The molecular weight excluding hydrogens is 588 g/mol. The number of piperidine rings is 2. The quantitative estimate of drug-likeness (QED) is 0.227. The Kier molecular flexibility index (Phi) is 12.4. The van der Waals surface area contributed by atoms with Gasteiger partial charge in [0.15, 0.2) is 5.78 Å². The van der Waals surface area contributed by atoms with Gasteiger partial charge in [0, 0.05) is 55.9 Å². The van der Waals surface area contributed by atoms with Crippen LogP contribution < -0.4 is 10.7 Å². The molecule has 5 aliphatic rings. The average Bonchev–Trinajstić information content (AvgIpc) is 3.77. The number of allylic oxidation sites excluding steroid dienone is 1. The Bertz CT molecular complexity index is 998. The first kappa shape index (κ1) is 35.8. The summed E-state index contributed by atoms with van der Waals surface area (Å²) < 4.78 is 49.5. The number of methoxy groups -OCH3 is 1. The van der Waals surface area contributed by atoms with Gasteiger partial charge < -0.3 is 20.1 Å². The van der Waals surface area contributed by atoms with Crippen LogP contribution in [0.2, 0.25) is 0 Å². The van der Waals surface area contributed by atoms with Crippen molar-refractivity contribution in [3.05, 3.63) is 24.9 Å². The van der Waals surface area contributed by atoms with Gasteiger partial charge in [-0.2, -0.15) is 0 Å². The van der Waals surface area contributed by atoms with Gasteiger partial charge in [-0.3, -0.25) is 10.2 Å². The predicted octanol–water partition coefficient (Wildman–Crippen LogP) is 5.07. The van der Waals surface area contributed by atoms with E-state index in [4.69, 9.17) is 4.74 Å². The van der Waals surface area contributed by atoms with E-state index in [0.717, 1.165) is 63.6 Å². The van der Waals surface area contributed by atoms with Crippen molar-refractivity contribution in [1.82, 2.24) is 20.7 Å². The minimum Gasteiger partial charge on any atom is -0.391 e. The lowest BCUT2D eigenvalue weighted by Gasteiger charge is -2.51. The highest BCUT2D eigenvalue weighted by Crippen LogP contribution is 2.49. The fourth-order valence-corrected chi connectivity index (χ4v) is 8.97. The summed E-state index contributed by atoms with van der Waals surface area (Å²) >= 11 is 0. The summed E-state index contributed by atoms with van der Waals surface area (Å²) in [5.74, 6) is 0.949. The standard InChI is InChI=1S/C29H50F3N4O2P.C4H6O/c1-5-7-20-25-21(6-2)35(16(3)18-14-24(37)28(33-15-18)29(31,32)39)13-12-22(25)36(34-20)23-11-10-19(17-8-9-17)26(30)27(23)38-4;1-3-4(2)5/h17-28,33-34,37H,3,5-15,39H2,1-2,4H3;3H,1H2,2H3. The fraction of sp³-hybridized carbons (Fsp3) is 0.848. The molecule has 2 aliphatic carbocycles. The number of carbonyl (C=O) groups excluding carboxylic acids is 1. The number of nitrogens with zero attached hydrogens (tertiary/aromatic N) is 2. The van der Waals surface area contributed by atoms with Crippen LogP contribution in [-0.4, -0.2) is 95.3 Å². The Morgan fingerprint density at radius 3 is 2.39 bits per heavy atom. The molecule has 0 amide bonds. The molecule has 12 unspecified atom stereocenters. The number of ether oxygens (including phenoxy) is 1. The largest absolute Gasteiger partial charge is 0.391 e. The molecule has 7 nitrogen and oxygen atoms in total. The van der Waals surface area contributed by atoms with Gasteiger partial charge >= 0.3 is 0 Å². The maximum absolute atomic E-state index is 15.8. The minimum absolute atomic E-state index is 0.0184. The van der Waals surface area contributed by atoms with Gasteiger partial charge in [-0.25, -0.2) is 18.2 Å². The van der Waals surface area contributed by atoms with Crippen LogP contribution in [-0.2, 0) is 9.53 Å². The lowest BCUT2D eigenvalue weighted by Crippen LogP contribution is -2.61. The number of aliphatic hydroxyl groups is 1. The number of nitrogens with one attached hydrogen (secondary N) is 2. The molecule has 5 rings (SSSR count). The number of halogens is 3. The topological polar surface area (TPSA) is 77.1 Å². The van der Waals surface area contributed by atoms with E-state index in [1.54, 1.807) is 16.3 Å². The summed E-state index contributed by atoms with van der Waals surface area (Å²) in [6, 6.07) is -0.423.